The minimum absolute atomic E-state index is 0.391. The zero-order valence-corrected chi connectivity index (χ0v) is 7.58. The van der Waals surface area contributed by atoms with E-state index in [9.17, 15) is 0 Å². The van der Waals surface area contributed by atoms with Crippen LogP contribution in [0.2, 0.25) is 0 Å². The molecule has 2 aliphatic rings. The molecule has 2 saturated carbocycles. The van der Waals surface area contributed by atoms with Gasteiger partial charge in [0.1, 0.15) is 0 Å². The first-order valence-corrected chi connectivity index (χ1v) is 5.14. The third kappa shape index (κ3) is 1.64. The van der Waals surface area contributed by atoms with Crippen molar-refractivity contribution in [2.24, 2.45) is 23.5 Å². The van der Waals surface area contributed by atoms with Gasteiger partial charge in [-0.25, -0.2) is 0 Å². The van der Waals surface area contributed by atoms with Crippen molar-refractivity contribution in [2.75, 3.05) is 6.61 Å². The number of fused-ring (bicyclic) bond motifs is 2. The molecule has 2 bridgehead atoms. The van der Waals surface area contributed by atoms with Gasteiger partial charge in [-0.2, -0.15) is 0 Å². The zero-order valence-electron chi connectivity index (χ0n) is 7.58. The largest absolute Gasteiger partial charge is 0.396 e. The van der Waals surface area contributed by atoms with Crippen LogP contribution in [0, 0.1) is 17.8 Å². The van der Waals surface area contributed by atoms with Gasteiger partial charge in [-0.05, 0) is 49.9 Å². The van der Waals surface area contributed by atoms with Crippen LogP contribution in [0.15, 0.2) is 0 Å². The van der Waals surface area contributed by atoms with Gasteiger partial charge in [0.15, 0.2) is 0 Å². The third-order valence-corrected chi connectivity index (χ3v) is 3.53. The maximum Gasteiger partial charge on any atom is 0.0459 e. The zero-order chi connectivity index (χ0) is 8.55. The fourth-order valence-corrected chi connectivity index (χ4v) is 3.19. The average Bonchev–Trinajstić information content (AvgIpc) is 2.02. The van der Waals surface area contributed by atoms with E-state index < -0.39 is 0 Å². The van der Waals surface area contributed by atoms with Gasteiger partial charge < -0.3 is 10.8 Å². The number of nitrogens with two attached hydrogens (primary N) is 1. The number of aliphatic hydroxyl groups excluding tert-OH is 1. The lowest BCUT2D eigenvalue weighted by Crippen LogP contribution is -2.38. The standard InChI is InChI=1S/C10H19NO/c11-10-4-7-1-8(5-10)3-9(2-7)6-12/h7-10,12H,1-6,11H2. The smallest absolute Gasteiger partial charge is 0.0459 e. The molecule has 12 heavy (non-hydrogen) atoms. The number of aliphatic hydroxyl groups is 1. The Bertz CT molecular complexity index is 142. The molecular formula is C10H19NO. The Kier molecular flexibility index (Phi) is 2.37. The first kappa shape index (κ1) is 8.52. The van der Waals surface area contributed by atoms with E-state index in [1.807, 2.05) is 0 Å². The van der Waals surface area contributed by atoms with E-state index in [4.69, 9.17) is 10.8 Å². The molecule has 0 spiro atoms. The maximum atomic E-state index is 9.08. The quantitative estimate of drug-likeness (QED) is 0.618. The van der Waals surface area contributed by atoms with Crippen LogP contribution in [0.1, 0.15) is 32.1 Å². The molecule has 0 aromatic rings. The van der Waals surface area contributed by atoms with Gasteiger partial charge in [-0.3, -0.25) is 0 Å². The highest BCUT2D eigenvalue weighted by Crippen LogP contribution is 2.41. The fourth-order valence-electron chi connectivity index (χ4n) is 3.19. The summed E-state index contributed by atoms with van der Waals surface area (Å²) >= 11 is 0. The van der Waals surface area contributed by atoms with Crippen molar-refractivity contribution in [3.8, 4) is 0 Å². The molecule has 0 aliphatic heterocycles. The average molecular weight is 169 g/mol. The van der Waals surface area contributed by atoms with Crippen molar-refractivity contribution >= 4 is 0 Å². The van der Waals surface area contributed by atoms with E-state index in [-0.39, 0.29) is 0 Å². The Morgan fingerprint density at radius 2 is 1.58 bits per heavy atom. The van der Waals surface area contributed by atoms with Crippen molar-refractivity contribution in [2.45, 2.75) is 38.1 Å². The van der Waals surface area contributed by atoms with E-state index in [0.29, 0.717) is 18.6 Å². The van der Waals surface area contributed by atoms with Crippen molar-refractivity contribution in [1.82, 2.24) is 0 Å². The molecule has 70 valence electrons. The van der Waals surface area contributed by atoms with Crippen LogP contribution in [0.4, 0.5) is 0 Å². The molecule has 2 fully saturated rings. The van der Waals surface area contributed by atoms with E-state index in [0.717, 1.165) is 11.8 Å². The predicted molar refractivity (Wildman–Crippen MR) is 48.6 cm³/mol. The van der Waals surface area contributed by atoms with Crippen LogP contribution in [-0.4, -0.2) is 17.8 Å². The normalized spacial score (nSPS) is 47.5. The lowest BCUT2D eigenvalue weighted by Gasteiger charge is -2.41. The van der Waals surface area contributed by atoms with Gasteiger partial charge in [0.05, 0.1) is 0 Å². The summed E-state index contributed by atoms with van der Waals surface area (Å²) in [6, 6.07) is 0.452. The number of hydrogen-bond acceptors (Lipinski definition) is 2. The Balaban J connectivity index is 1.96. The molecule has 0 aromatic carbocycles. The van der Waals surface area contributed by atoms with Crippen LogP contribution in [0.5, 0.6) is 0 Å². The first-order valence-electron chi connectivity index (χ1n) is 5.14. The maximum absolute atomic E-state index is 9.08. The van der Waals surface area contributed by atoms with Crippen LogP contribution < -0.4 is 5.73 Å². The molecule has 0 amide bonds. The number of hydrogen-bond donors (Lipinski definition) is 2. The highest BCUT2D eigenvalue weighted by molar-refractivity contribution is 4.87. The Labute approximate surface area is 74.1 Å². The van der Waals surface area contributed by atoms with Crippen molar-refractivity contribution in [1.29, 1.82) is 0 Å². The summed E-state index contributed by atoms with van der Waals surface area (Å²) in [6.45, 7) is 0.391. The van der Waals surface area contributed by atoms with Crippen LogP contribution in [-0.2, 0) is 0 Å². The second kappa shape index (κ2) is 3.35. The third-order valence-electron chi connectivity index (χ3n) is 3.53. The SMILES string of the molecule is NC1CC2CC(CO)CC(C1)C2. The molecule has 2 heteroatoms. The van der Waals surface area contributed by atoms with Gasteiger partial charge in [0.25, 0.3) is 0 Å². The predicted octanol–water partition coefficient (Wildman–Crippen LogP) is 1.13. The Hall–Kier alpha value is -0.0800. The van der Waals surface area contributed by atoms with Crippen molar-refractivity contribution in [3.05, 3.63) is 0 Å². The van der Waals surface area contributed by atoms with Gasteiger partial charge in [0, 0.05) is 12.6 Å². The van der Waals surface area contributed by atoms with Crippen LogP contribution in [0.25, 0.3) is 0 Å². The Morgan fingerprint density at radius 1 is 1.00 bits per heavy atom. The molecule has 0 aromatic heterocycles. The summed E-state index contributed by atoms with van der Waals surface area (Å²) in [7, 11) is 0. The first-order chi connectivity index (χ1) is 5.78. The minimum Gasteiger partial charge on any atom is -0.396 e. The molecule has 2 aliphatic carbocycles. The summed E-state index contributed by atoms with van der Waals surface area (Å²) in [5.74, 6) is 2.23. The van der Waals surface area contributed by atoms with E-state index in [1.54, 1.807) is 0 Å². The van der Waals surface area contributed by atoms with Crippen molar-refractivity contribution in [3.63, 3.8) is 0 Å². The Morgan fingerprint density at radius 3 is 2.08 bits per heavy atom. The molecule has 3 N–H and O–H groups in total. The van der Waals surface area contributed by atoms with Gasteiger partial charge in [-0.1, -0.05) is 0 Å². The van der Waals surface area contributed by atoms with E-state index in [1.165, 1.54) is 32.1 Å². The highest BCUT2D eigenvalue weighted by Gasteiger charge is 2.34. The lowest BCUT2D eigenvalue weighted by atomic mass is 9.67. The van der Waals surface area contributed by atoms with Gasteiger partial charge >= 0.3 is 0 Å². The second-order valence-electron chi connectivity index (χ2n) is 4.72. The molecule has 2 rings (SSSR count). The summed E-state index contributed by atoms with van der Waals surface area (Å²) in [5, 5.41) is 9.08. The number of rotatable bonds is 1. The van der Waals surface area contributed by atoms with Gasteiger partial charge in [0.2, 0.25) is 0 Å². The molecular weight excluding hydrogens is 150 g/mol. The summed E-state index contributed by atoms with van der Waals surface area (Å²) in [4.78, 5) is 0. The summed E-state index contributed by atoms with van der Waals surface area (Å²) in [5.41, 5.74) is 5.95. The topological polar surface area (TPSA) is 46.2 Å². The molecule has 2 unspecified atom stereocenters. The molecule has 0 saturated heterocycles. The van der Waals surface area contributed by atoms with Crippen LogP contribution >= 0.6 is 0 Å². The second-order valence-corrected chi connectivity index (χ2v) is 4.72. The molecule has 0 radical (unpaired) electrons. The van der Waals surface area contributed by atoms with Crippen molar-refractivity contribution < 1.29 is 5.11 Å². The molecule has 0 heterocycles. The highest BCUT2D eigenvalue weighted by atomic mass is 16.3. The summed E-state index contributed by atoms with van der Waals surface area (Å²) < 4.78 is 0. The monoisotopic (exact) mass is 169 g/mol. The van der Waals surface area contributed by atoms with Gasteiger partial charge in [-0.15, -0.1) is 0 Å². The molecule has 2 nitrogen and oxygen atoms in total. The van der Waals surface area contributed by atoms with Crippen LogP contribution in [0.3, 0.4) is 0 Å². The van der Waals surface area contributed by atoms with E-state index in [2.05, 4.69) is 0 Å². The fraction of sp³-hybridized carbons (Fsp3) is 1.00. The lowest BCUT2D eigenvalue weighted by molar-refractivity contribution is 0.0843. The van der Waals surface area contributed by atoms with E-state index >= 15 is 0 Å². The molecule has 2 atom stereocenters. The minimum atomic E-state index is 0.391. The summed E-state index contributed by atoms with van der Waals surface area (Å²) in [6.07, 6.45) is 6.23.